The summed E-state index contributed by atoms with van der Waals surface area (Å²) in [5.41, 5.74) is 6.56. The van der Waals surface area contributed by atoms with E-state index in [1.54, 1.807) is 18.9 Å². The Morgan fingerprint density at radius 1 is 1.60 bits per heavy atom. The van der Waals surface area contributed by atoms with Crippen molar-refractivity contribution in [2.75, 3.05) is 13.6 Å². The molecule has 1 amide bonds. The van der Waals surface area contributed by atoms with Crippen molar-refractivity contribution in [2.24, 2.45) is 16.8 Å². The molecule has 0 fully saturated rings. The van der Waals surface area contributed by atoms with E-state index in [1.807, 2.05) is 24.3 Å². The zero-order chi connectivity index (χ0) is 14.7. The van der Waals surface area contributed by atoms with Crippen LogP contribution in [0.25, 0.3) is 0 Å². The van der Waals surface area contributed by atoms with Crippen LogP contribution in [0.15, 0.2) is 29.4 Å². The fourth-order valence-corrected chi connectivity index (χ4v) is 2.26. The first-order valence-corrected chi connectivity index (χ1v) is 6.50. The van der Waals surface area contributed by atoms with E-state index in [1.165, 1.54) is 0 Å². The quantitative estimate of drug-likeness (QED) is 0.369. The lowest BCUT2D eigenvalue weighted by Crippen LogP contribution is -2.43. The highest BCUT2D eigenvalue weighted by Crippen LogP contribution is 2.28. The first-order chi connectivity index (χ1) is 9.52. The summed E-state index contributed by atoms with van der Waals surface area (Å²) in [5.74, 6) is 0.570. The number of hydrogen-bond acceptors (Lipinski definition) is 4. The normalized spacial score (nSPS) is 19.1. The molecular weight excluding hydrogens is 258 g/mol. The molecule has 1 aromatic rings. The van der Waals surface area contributed by atoms with Crippen LogP contribution in [0.2, 0.25) is 0 Å². The Morgan fingerprint density at radius 3 is 2.95 bits per heavy atom. The largest absolute Gasteiger partial charge is 0.480 e. The van der Waals surface area contributed by atoms with E-state index < -0.39 is 6.10 Å². The number of carbonyl (C=O) groups excluding carboxylic acids is 1. The third-order valence-corrected chi connectivity index (χ3v) is 3.47. The lowest BCUT2D eigenvalue weighted by molar-refractivity contribution is -0.136. The van der Waals surface area contributed by atoms with Gasteiger partial charge in [0, 0.05) is 25.9 Å². The van der Waals surface area contributed by atoms with Gasteiger partial charge in [-0.1, -0.05) is 30.3 Å². The van der Waals surface area contributed by atoms with Crippen LogP contribution in [0.3, 0.4) is 0 Å². The number of ether oxygens (including phenoxy) is 1. The van der Waals surface area contributed by atoms with Crippen molar-refractivity contribution in [3.63, 3.8) is 0 Å². The van der Waals surface area contributed by atoms with Crippen molar-refractivity contribution in [3.05, 3.63) is 29.8 Å². The maximum Gasteiger partial charge on any atom is 0.263 e. The molecule has 6 nitrogen and oxygen atoms in total. The van der Waals surface area contributed by atoms with Crippen LogP contribution in [0.1, 0.15) is 12.5 Å². The highest BCUT2D eigenvalue weighted by molar-refractivity contribution is 5.85. The van der Waals surface area contributed by atoms with Crippen LogP contribution in [-0.2, 0) is 11.2 Å². The molecular formula is C14H19N3O3. The third-order valence-electron chi connectivity index (χ3n) is 3.47. The summed E-state index contributed by atoms with van der Waals surface area (Å²) in [7, 11) is 1.69. The van der Waals surface area contributed by atoms with E-state index in [9.17, 15) is 4.79 Å². The number of nitrogens with two attached hydrogens (primary N) is 1. The van der Waals surface area contributed by atoms with Crippen molar-refractivity contribution in [2.45, 2.75) is 19.4 Å². The van der Waals surface area contributed by atoms with Gasteiger partial charge in [0.15, 0.2) is 6.10 Å². The maximum atomic E-state index is 12.3. The smallest absolute Gasteiger partial charge is 0.263 e. The molecule has 20 heavy (non-hydrogen) atoms. The molecule has 3 N–H and O–H groups in total. The molecule has 1 aromatic carbocycles. The SMILES string of the molecule is CC(CN(C)C(=O)C1Cc2ccccc2O1)C(N)=NO. The molecule has 0 spiro atoms. The van der Waals surface area contributed by atoms with Gasteiger partial charge in [0.05, 0.1) is 0 Å². The molecule has 0 saturated heterocycles. The number of amides is 1. The predicted octanol–water partition coefficient (Wildman–Crippen LogP) is 0.831. The van der Waals surface area contributed by atoms with Crippen LogP contribution in [0.5, 0.6) is 5.75 Å². The second kappa shape index (κ2) is 5.81. The third kappa shape index (κ3) is 2.84. The van der Waals surface area contributed by atoms with Gasteiger partial charge in [0.2, 0.25) is 0 Å². The Kier molecular flexibility index (Phi) is 4.12. The summed E-state index contributed by atoms with van der Waals surface area (Å²) in [6.07, 6.45) is 0.0917. The van der Waals surface area contributed by atoms with E-state index >= 15 is 0 Å². The van der Waals surface area contributed by atoms with Crippen molar-refractivity contribution in [3.8, 4) is 5.75 Å². The van der Waals surface area contributed by atoms with Crippen LogP contribution in [0, 0.1) is 5.92 Å². The van der Waals surface area contributed by atoms with Gasteiger partial charge in [0.1, 0.15) is 11.6 Å². The number of benzene rings is 1. The fourth-order valence-electron chi connectivity index (χ4n) is 2.26. The number of para-hydroxylation sites is 1. The first kappa shape index (κ1) is 14.2. The number of nitrogens with zero attached hydrogens (tertiary/aromatic N) is 2. The summed E-state index contributed by atoms with van der Waals surface area (Å²) in [4.78, 5) is 13.9. The fraction of sp³-hybridized carbons (Fsp3) is 0.429. The molecule has 1 aliphatic rings. The van der Waals surface area contributed by atoms with Gasteiger partial charge in [-0.25, -0.2) is 0 Å². The molecule has 0 aliphatic carbocycles. The molecule has 0 aromatic heterocycles. The molecule has 6 heteroatoms. The van der Waals surface area contributed by atoms with Gasteiger partial charge >= 0.3 is 0 Å². The van der Waals surface area contributed by atoms with Gasteiger partial charge in [0.25, 0.3) is 5.91 Å². The molecule has 1 aliphatic heterocycles. The molecule has 2 rings (SSSR count). The zero-order valence-corrected chi connectivity index (χ0v) is 11.6. The van der Waals surface area contributed by atoms with Gasteiger partial charge in [-0.3, -0.25) is 4.79 Å². The van der Waals surface area contributed by atoms with E-state index in [4.69, 9.17) is 15.7 Å². The Bertz CT molecular complexity index is 505. The highest BCUT2D eigenvalue weighted by atomic mass is 16.5. The number of rotatable bonds is 4. The van der Waals surface area contributed by atoms with Crippen LogP contribution < -0.4 is 10.5 Å². The van der Waals surface area contributed by atoms with Crippen molar-refractivity contribution >= 4 is 11.7 Å². The monoisotopic (exact) mass is 277 g/mol. The average molecular weight is 277 g/mol. The zero-order valence-electron chi connectivity index (χ0n) is 11.6. The standard InChI is InChI=1S/C14H19N3O3/c1-9(13(15)16-19)8-17(2)14(18)12-7-10-5-3-4-6-11(10)20-12/h3-6,9,12,19H,7-8H2,1-2H3,(H2,15,16). The highest BCUT2D eigenvalue weighted by Gasteiger charge is 2.31. The lowest BCUT2D eigenvalue weighted by atomic mass is 10.1. The summed E-state index contributed by atoms with van der Waals surface area (Å²) < 4.78 is 5.66. The molecule has 0 radical (unpaired) electrons. The van der Waals surface area contributed by atoms with Crippen LogP contribution in [0.4, 0.5) is 0 Å². The van der Waals surface area contributed by atoms with Gasteiger partial charge in [-0.15, -0.1) is 0 Å². The number of likely N-dealkylation sites (N-methyl/N-ethyl adjacent to an activating group) is 1. The Balaban J connectivity index is 1.96. The molecule has 0 bridgehead atoms. The Hall–Kier alpha value is -2.24. The molecule has 108 valence electrons. The van der Waals surface area contributed by atoms with E-state index in [2.05, 4.69) is 5.16 Å². The van der Waals surface area contributed by atoms with Gasteiger partial charge < -0.3 is 20.6 Å². The van der Waals surface area contributed by atoms with Crippen LogP contribution >= 0.6 is 0 Å². The summed E-state index contributed by atoms with van der Waals surface area (Å²) >= 11 is 0. The summed E-state index contributed by atoms with van der Waals surface area (Å²) in [5, 5.41) is 11.6. The average Bonchev–Trinajstić information content (AvgIpc) is 2.89. The molecule has 2 atom stereocenters. The van der Waals surface area contributed by atoms with Crippen molar-refractivity contribution < 1.29 is 14.7 Å². The second-order valence-corrected chi connectivity index (χ2v) is 5.06. The van der Waals surface area contributed by atoms with Crippen molar-refractivity contribution in [1.29, 1.82) is 0 Å². The molecule has 0 saturated carbocycles. The Labute approximate surface area is 117 Å². The number of amidine groups is 1. The van der Waals surface area contributed by atoms with E-state index in [0.29, 0.717) is 13.0 Å². The minimum Gasteiger partial charge on any atom is -0.480 e. The maximum absolute atomic E-state index is 12.3. The predicted molar refractivity (Wildman–Crippen MR) is 74.8 cm³/mol. The van der Waals surface area contributed by atoms with Crippen molar-refractivity contribution in [1.82, 2.24) is 4.90 Å². The Morgan fingerprint density at radius 2 is 2.30 bits per heavy atom. The van der Waals surface area contributed by atoms with Gasteiger partial charge in [-0.2, -0.15) is 0 Å². The number of oxime groups is 1. The topological polar surface area (TPSA) is 88.2 Å². The van der Waals surface area contributed by atoms with E-state index in [0.717, 1.165) is 11.3 Å². The number of carbonyl (C=O) groups is 1. The minimum absolute atomic E-state index is 0.0983. The summed E-state index contributed by atoms with van der Waals surface area (Å²) in [6.45, 7) is 2.17. The van der Waals surface area contributed by atoms with Gasteiger partial charge in [-0.05, 0) is 11.6 Å². The second-order valence-electron chi connectivity index (χ2n) is 5.06. The number of fused-ring (bicyclic) bond motifs is 1. The first-order valence-electron chi connectivity index (χ1n) is 6.50. The van der Waals surface area contributed by atoms with Crippen LogP contribution in [-0.4, -0.2) is 41.5 Å². The summed E-state index contributed by atoms with van der Waals surface area (Å²) in [6, 6.07) is 7.64. The molecule has 2 unspecified atom stereocenters. The van der Waals surface area contributed by atoms with E-state index in [-0.39, 0.29) is 17.7 Å². The minimum atomic E-state index is -0.489. The lowest BCUT2D eigenvalue weighted by Gasteiger charge is -2.23. The number of hydrogen-bond donors (Lipinski definition) is 2. The molecule has 1 heterocycles.